The van der Waals surface area contributed by atoms with Gasteiger partial charge in [-0.2, -0.15) is 0 Å². The SMILES string of the molecule is COc1cccc(C(=O)NC(=S)Nc2ccc3oc(-c4ccc(C(C)C)cc4)nc3c2)c1. The molecular weight excluding hydrogens is 422 g/mol. The van der Waals surface area contributed by atoms with E-state index in [2.05, 4.69) is 41.6 Å². The lowest BCUT2D eigenvalue weighted by Gasteiger charge is -2.10. The molecule has 1 aromatic heterocycles. The van der Waals surface area contributed by atoms with Crippen LogP contribution in [0.1, 0.15) is 35.7 Å². The molecule has 4 rings (SSSR count). The molecule has 4 aromatic rings. The summed E-state index contributed by atoms with van der Waals surface area (Å²) in [5, 5.41) is 5.88. The molecule has 0 aliphatic heterocycles. The second-order valence-corrected chi connectivity index (χ2v) is 8.03. The Bertz CT molecular complexity index is 1280. The van der Waals surface area contributed by atoms with Crippen LogP contribution in [0, 0.1) is 0 Å². The number of carbonyl (C=O) groups excluding carboxylic acids is 1. The van der Waals surface area contributed by atoms with Crippen LogP contribution < -0.4 is 15.4 Å². The number of nitrogens with one attached hydrogen (secondary N) is 2. The van der Waals surface area contributed by atoms with E-state index in [0.717, 1.165) is 5.56 Å². The number of anilines is 1. The van der Waals surface area contributed by atoms with Gasteiger partial charge in [0.05, 0.1) is 7.11 Å². The quantitative estimate of drug-likeness (QED) is 0.381. The van der Waals surface area contributed by atoms with E-state index >= 15 is 0 Å². The summed E-state index contributed by atoms with van der Waals surface area (Å²) in [7, 11) is 1.55. The number of oxazole rings is 1. The van der Waals surface area contributed by atoms with Crippen LogP contribution in [0.25, 0.3) is 22.6 Å². The first-order chi connectivity index (χ1) is 15.4. The number of carbonyl (C=O) groups is 1. The van der Waals surface area contributed by atoms with Crippen LogP contribution >= 0.6 is 12.2 Å². The molecule has 7 heteroatoms. The first-order valence-corrected chi connectivity index (χ1v) is 10.6. The van der Waals surface area contributed by atoms with Crippen LogP contribution in [0.3, 0.4) is 0 Å². The van der Waals surface area contributed by atoms with Gasteiger partial charge < -0.3 is 14.5 Å². The normalized spacial score (nSPS) is 10.9. The van der Waals surface area contributed by atoms with Gasteiger partial charge in [-0.25, -0.2) is 4.98 Å². The van der Waals surface area contributed by atoms with Gasteiger partial charge in [0.15, 0.2) is 10.7 Å². The minimum Gasteiger partial charge on any atom is -0.497 e. The van der Waals surface area contributed by atoms with Crippen LogP contribution in [0.15, 0.2) is 71.1 Å². The van der Waals surface area contributed by atoms with E-state index in [0.29, 0.717) is 39.9 Å². The molecule has 0 aliphatic carbocycles. The van der Waals surface area contributed by atoms with Gasteiger partial charge in [0.2, 0.25) is 5.89 Å². The number of thiocarbonyl (C=S) groups is 1. The molecule has 2 N–H and O–H groups in total. The first-order valence-electron chi connectivity index (χ1n) is 10.2. The van der Waals surface area contributed by atoms with Crippen molar-refractivity contribution < 1.29 is 13.9 Å². The highest BCUT2D eigenvalue weighted by Crippen LogP contribution is 2.27. The summed E-state index contributed by atoms with van der Waals surface area (Å²) in [6.45, 7) is 4.32. The zero-order valence-electron chi connectivity index (χ0n) is 18.0. The number of methoxy groups -OCH3 is 1. The summed E-state index contributed by atoms with van der Waals surface area (Å²) >= 11 is 5.29. The Hall–Kier alpha value is -3.71. The first kappa shape index (κ1) is 21.5. The van der Waals surface area contributed by atoms with Gasteiger partial charge in [-0.3, -0.25) is 10.1 Å². The van der Waals surface area contributed by atoms with Crippen molar-refractivity contribution in [2.75, 3.05) is 12.4 Å². The molecule has 6 nitrogen and oxygen atoms in total. The molecule has 0 bridgehead atoms. The van der Waals surface area contributed by atoms with Crippen LogP contribution in [0.5, 0.6) is 5.75 Å². The van der Waals surface area contributed by atoms with E-state index in [1.165, 1.54) is 5.56 Å². The molecule has 32 heavy (non-hydrogen) atoms. The highest BCUT2D eigenvalue weighted by atomic mass is 32.1. The largest absolute Gasteiger partial charge is 0.497 e. The molecule has 0 spiro atoms. The lowest BCUT2D eigenvalue weighted by molar-refractivity contribution is 0.0977. The van der Waals surface area contributed by atoms with Gasteiger partial charge in [0.1, 0.15) is 11.3 Å². The van der Waals surface area contributed by atoms with Crippen LogP contribution in [-0.4, -0.2) is 23.1 Å². The third-order valence-electron chi connectivity index (χ3n) is 5.03. The molecule has 0 radical (unpaired) electrons. The number of nitrogens with zero attached hydrogens (tertiary/aromatic N) is 1. The maximum atomic E-state index is 12.4. The van der Waals surface area contributed by atoms with Gasteiger partial charge in [-0.1, -0.05) is 32.0 Å². The van der Waals surface area contributed by atoms with Gasteiger partial charge >= 0.3 is 0 Å². The smallest absolute Gasteiger partial charge is 0.257 e. The highest BCUT2D eigenvalue weighted by Gasteiger charge is 2.12. The number of benzene rings is 3. The highest BCUT2D eigenvalue weighted by molar-refractivity contribution is 7.80. The number of rotatable bonds is 5. The Morgan fingerprint density at radius 1 is 1.06 bits per heavy atom. The predicted molar refractivity (Wildman–Crippen MR) is 130 cm³/mol. The molecule has 0 saturated heterocycles. The summed E-state index contributed by atoms with van der Waals surface area (Å²) in [6, 6.07) is 20.5. The average Bonchev–Trinajstić information content (AvgIpc) is 3.22. The van der Waals surface area contributed by atoms with E-state index in [-0.39, 0.29) is 11.0 Å². The Kier molecular flexibility index (Phi) is 6.18. The molecule has 3 aromatic carbocycles. The minimum absolute atomic E-state index is 0.185. The summed E-state index contributed by atoms with van der Waals surface area (Å²) in [5.74, 6) is 1.30. The number of aromatic nitrogens is 1. The second-order valence-electron chi connectivity index (χ2n) is 7.62. The van der Waals surface area contributed by atoms with Gasteiger partial charge in [-0.15, -0.1) is 0 Å². The fourth-order valence-corrected chi connectivity index (χ4v) is 3.45. The van der Waals surface area contributed by atoms with Crippen molar-refractivity contribution in [2.45, 2.75) is 19.8 Å². The molecular formula is C25H23N3O3S. The van der Waals surface area contributed by atoms with E-state index in [1.54, 1.807) is 31.4 Å². The third-order valence-corrected chi connectivity index (χ3v) is 5.23. The molecule has 162 valence electrons. The number of hydrogen-bond donors (Lipinski definition) is 2. The molecule has 1 amide bonds. The number of ether oxygens (including phenoxy) is 1. The fourth-order valence-electron chi connectivity index (χ4n) is 3.24. The monoisotopic (exact) mass is 445 g/mol. The lowest BCUT2D eigenvalue weighted by Crippen LogP contribution is -2.34. The Balaban J connectivity index is 1.46. The van der Waals surface area contributed by atoms with Crippen molar-refractivity contribution in [2.24, 2.45) is 0 Å². The predicted octanol–water partition coefficient (Wildman–Crippen LogP) is 5.75. The minimum atomic E-state index is -0.323. The second kappa shape index (κ2) is 9.20. The topological polar surface area (TPSA) is 76.4 Å². The van der Waals surface area contributed by atoms with Crippen molar-refractivity contribution in [1.82, 2.24) is 10.3 Å². The van der Waals surface area contributed by atoms with Gasteiger partial charge in [-0.05, 0) is 72.2 Å². The average molecular weight is 446 g/mol. The van der Waals surface area contributed by atoms with Gasteiger partial charge in [0, 0.05) is 16.8 Å². The summed E-state index contributed by atoms with van der Waals surface area (Å²) < 4.78 is 11.1. The van der Waals surface area contributed by atoms with Crippen molar-refractivity contribution in [3.05, 3.63) is 77.9 Å². The van der Waals surface area contributed by atoms with Crippen LogP contribution in [-0.2, 0) is 0 Å². The molecule has 0 unspecified atom stereocenters. The Morgan fingerprint density at radius 2 is 1.84 bits per heavy atom. The van der Waals surface area contributed by atoms with Crippen molar-refractivity contribution in [3.8, 4) is 17.2 Å². The molecule has 1 heterocycles. The number of fused-ring (bicyclic) bond motifs is 1. The number of hydrogen-bond acceptors (Lipinski definition) is 5. The standard InChI is InChI=1S/C25H23N3O3S/c1-15(2)16-7-9-17(10-8-16)24-27-21-14-19(11-12-22(21)31-24)26-25(32)28-23(29)18-5-4-6-20(13-18)30-3/h4-15H,1-3H3,(H2,26,28,29,32). The van der Waals surface area contributed by atoms with Crippen molar-refractivity contribution in [3.63, 3.8) is 0 Å². The maximum absolute atomic E-state index is 12.4. The van der Waals surface area contributed by atoms with E-state index in [9.17, 15) is 4.79 Å². The lowest BCUT2D eigenvalue weighted by atomic mass is 10.0. The number of amides is 1. The molecule has 0 aliphatic rings. The molecule has 0 atom stereocenters. The van der Waals surface area contributed by atoms with E-state index < -0.39 is 0 Å². The zero-order chi connectivity index (χ0) is 22.7. The Morgan fingerprint density at radius 3 is 2.56 bits per heavy atom. The van der Waals surface area contributed by atoms with E-state index in [4.69, 9.17) is 21.4 Å². The summed E-state index contributed by atoms with van der Waals surface area (Å²) in [6.07, 6.45) is 0. The van der Waals surface area contributed by atoms with Crippen LogP contribution in [0.2, 0.25) is 0 Å². The summed E-state index contributed by atoms with van der Waals surface area (Å²) in [5.41, 5.74) is 4.70. The van der Waals surface area contributed by atoms with Gasteiger partial charge in [0.25, 0.3) is 5.91 Å². The molecule has 0 fully saturated rings. The van der Waals surface area contributed by atoms with Crippen LogP contribution in [0.4, 0.5) is 5.69 Å². The fraction of sp³-hybridized carbons (Fsp3) is 0.160. The molecule has 0 saturated carbocycles. The maximum Gasteiger partial charge on any atom is 0.257 e. The third kappa shape index (κ3) is 4.78. The summed E-state index contributed by atoms with van der Waals surface area (Å²) in [4.78, 5) is 17.0. The van der Waals surface area contributed by atoms with Crippen molar-refractivity contribution >= 4 is 40.0 Å². The Labute approximate surface area is 191 Å². The van der Waals surface area contributed by atoms with E-state index in [1.807, 2.05) is 30.3 Å². The zero-order valence-corrected chi connectivity index (χ0v) is 18.8. The van der Waals surface area contributed by atoms with Crippen molar-refractivity contribution in [1.29, 1.82) is 0 Å².